The fraction of sp³-hybridized carbons (Fsp3) is 0.700. The molecule has 0 aromatic carbocycles. The second kappa shape index (κ2) is 7.80. The zero-order valence-electron chi connectivity index (χ0n) is 8.21. The van der Waals surface area contributed by atoms with E-state index in [9.17, 15) is 4.79 Å². The molecule has 13 heavy (non-hydrogen) atoms. The van der Waals surface area contributed by atoms with Crippen LogP contribution < -0.4 is 0 Å². The molecule has 0 unspecified atom stereocenters. The number of hydrogen-bond acceptors (Lipinski definition) is 3. The van der Waals surface area contributed by atoms with Gasteiger partial charge < -0.3 is 0 Å². The van der Waals surface area contributed by atoms with Crippen molar-refractivity contribution in [1.29, 1.82) is 0 Å². The smallest absolute Gasteiger partial charge is 0.296 e. The molecule has 0 spiro atoms. The summed E-state index contributed by atoms with van der Waals surface area (Å²) < 4.78 is 0. The standard InChI is InChI=1S/C10H18O3/c1-3-4-5-6-7-8-9(2)10(11)13-12/h12H,2-8H2,1H3. The number of unbranched alkanes of at least 4 members (excludes halogenated alkanes) is 4. The summed E-state index contributed by atoms with van der Waals surface area (Å²) in [7, 11) is 0. The minimum atomic E-state index is -0.713. The van der Waals surface area contributed by atoms with Crippen molar-refractivity contribution in [3.05, 3.63) is 12.2 Å². The summed E-state index contributed by atoms with van der Waals surface area (Å²) >= 11 is 0. The van der Waals surface area contributed by atoms with Crippen LogP contribution in [0.15, 0.2) is 12.2 Å². The maximum Gasteiger partial charge on any atom is 0.368 e. The number of rotatable bonds is 7. The summed E-state index contributed by atoms with van der Waals surface area (Å²) in [4.78, 5) is 14.2. The highest BCUT2D eigenvalue weighted by molar-refractivity contribution is 5.87. The molecule has 0 heterocycles. The number of hydrogen-bond donors (Lipinski definition) is 1. The van der Waals surface area contributed by atoms with Crippen molar-refractivity contribution in [2.75, 3.05) is 0 Å². The second-order valence-electron chi connectivity index (χ2n) is 3.15. The van der Waals surface area contributed by atoms with E-state index in [1.165, 1.54) is 19.3 Å². The van der Waals surface area contributed by atoms with Gasteiger partial charge in [-0.15, -0.1) is 0 Å². The van der Waals surface area contributed by atoms with Gasteiger partial charge in [-0.05, 0) is 12.8 Å². The van der Waals surface area contributed by atoms with E-state index in [1.54, 1.807) is 0 Å². The lowest BCUT2D eigenvalue weighted by molar-refractivity contribution is -0.229. The van der Waals surface area contributed by atoms with Crippen LogP contribution >= 0.6 is 0 Å². The molecule has 0 saturated heterocycles. The Morgan fingerprint density at radius 1 is 1.31 bits per heavy atom. The van der Waals surface area contributed by atoms with Gasteiger partial charge in [-0.3, -0.25) is 4.89 Å². The van der Waals surface area contributed by atoms with Gasteiger partial charge in [0.2, 0.25) is 0 Å². The van der Waals surface area contributed by atoms with Crippen LogP contribution in [0.3, 0.4) is 0 Å². The van der Waals surface area contributed by atoms with Crippen LogP contribution in [0.2, 0.25) is 0 Å². The van der Waals surface area contributed by atoms with Crippen molar-refractivity contribution in [2.24, 2.45) is 0 Å². The minimum Gasteiger partial charge on any atom is -0.296 e. The van der Waals surface area contributed by atoms with Gasteiger partial charge in [0, 0.05) is 5.57 Å². The molecular weight excluding hydrogens is 168 g/mol. The fourth-order valence-corrected chi connectivity index (χ4v) is 1.11. The van der Waals surface area contributed by atoms with Crippen molar-refractivity contribution < 1.29 is 14.9 Å². The van der Waals surface area contributed by atoms with Crippen LogP contribution in [-0.4, -0.2) is 11.2 Å². The van der Waals surface area contributed by atoms with Gasteiger partial charge in [0.05, 0.1) is 0 Å². The molecule has 0 amide bonds. The van der Waals surface area contributed by atoms with E-state index in [-0.39, 0.29) is 0 Å². The van der Waals surface area contributed by atoms with E-state index in [4.69, 9.17) is 5.26 Å². The van der Waals surface area contributed by atoms with Gasteiger partial charge in [0.15, 0.2) is 0 Å². The maximum absolute atomic E-state index is 10.7. The topological polar surface area (TPSA) is 46.5 Å². The van der Waals surface area contributed by atoms with Gasteiger partial charge in [-0.1, -0.05) is 39.2 Å². The first kappa shape index (κ1) is 12.2. The predicted octanol–water partition coefficient (Wildman–Crippen LogP) is 2.92. The molecule has 3 nitrogen and oxygen atoms in total. The van der Waals surface area contributed by atoms with Crippen molar-refractivity contribution >= 4 is 5.97 Å². The van der Waals surface area contributed by atoms with Gasteiger partial charge in [0.1, 0.15) is 0 Å². The van der Waals surface area contributed by atoms with Crippen molar-refractivity contribution in [3.8, 4) is 0 Å². The zero-order valence-corrected chi connectivity index (χ0v) is 8.21. The molecule has 0 aromatic rings. The van der Waals surface area contributed by atoms with Crippen molar-refractivity contribution in [2.45, 2.75) is 45.4 Å². The SMILES string of the molecule is C=C(CCCCCCC)C(=O)OO. The molecule has 0 rings (SSSR count). The van der Waals surface area contributed by atoms with Gasteiger partial charge in [-0.2, -0.15) is 5.26 Å². The normalized spacial score (nSPS) is 9.69. The molecule has 0 radical (unpaired) electrons. The molecule has 0 atom stereocenters. The average molecular weight is 186 g/mol. The van der Waals surface area contributed by atoms with Crippen LogP contribution in [0, 0.1) is 0 Å². The highest BCUT2D eigenvalue weighted by atomic mass is 17.1. The summed E-state index contributed by atoms with van der Waals surface area (Å²) in [6.45, 7) is 5.66. The predicted molar refractivity (Wildman–Crippen MR) is 51.2 cm³/mol. The van der Waals surface area contributed by atoms with Crippen LogP contribution in [-0.2, 0) is 9.68 Å². The lowest BCUT2D eigenvalue weighted by atomic mass is 10.1. The first-order chi connectivity index (χ1) is 6.22. The molecule has 0 aliphatic heterocycles. The third-order valence-corrected chi connectivity index (χ3v) is 1.95. The van der Waals surface area contributed by atoms with E-state index in [1.807, 2.05) is 0 Å². The Morgan fingerprint density at radius 2 is 1.92 bits per heavy atom. The number of carbonyl (C=O) groups is 1. The lowest BCUT2D eigenvalue weighted by Gasteiger charge is -2.01. The monoisotopic (exact) mass is 186 g/mol. The third kappa shape index (κ3) is 6.34. The lowest BCUT2D eigenvalue weighted by Crippen LogP contribution is -2.03. The summed E-state index contributed by atoms with van der Waals surface area (Å²) in [5, 5.41) is 8.04. The van der Waals surface area contributed by atoms with E-state index in [0.29, 0.717) is 12.0 Å². The summed E-state index contributed by atoms with van der Waals surface area (Å²) in [5.41, 5.74) is 0.346. The molecule has 0 bridgehead atoms. The highest BCUT2D eigenvalue weighted by Gasteiger charge is 2.06. The minimum absolute atomic E-state index is 0.346. The third-order valence-electron chi connectivity index (χ3n) is 1.95. The molecule has 0 saturated carbocycles. The van der Waals surface area contributed by atoms with Gasteiger partial charge in [0.25, 0.3) is 0 Å². The highest BCUT2D eigenvalue weighted by Crippen LogP contribution is 2.10. The van der Waals surface area contributed by atoms with Crippen LogP contribution in [0.25, 0.3) is 0 Å². The van der Waals surface area contributed by atoms with Crippen LogP contribution in [0.4, 0.5) is 0 Å². The zero-order chi connectivity index (χ0) is 10.1. The van der Waals surface area contributed by atoms with E-state index >= 15 is 0 Å². The molecular formula is C10H18O3. The first-order valence-electron chi connectivity index (χ1n) is 4.76. The van der Waals surface area contributed by atoms with Gasteiger partial charge >= 0.3 is 5.97 Å². The molecule has 0 fully saturated rings. The Morgan fingerprint density at radius 3 is 2.46 bits per heavy atom. The maximum atomic E-state index is 10.7. The van der Waals surface area contributed by atoms with E-state index in [2.05, 4.69) is 18.4 Å². The van der Waals surface area contributed by atoms with E-state index in [0.717, 1.165) is 12.8 Å². The van der Waals surface area contributed by atoms with Crippen LogP contribution in [0.5, 0.6) is 0 Å². The quantitative estimate of drug-likeness (QED) is 0.288. The molecule has 0 aromatic heterocycles. The van der Waals surface area contributed by atoms with Crippen molar-refractivity contribution in [1.82, 2.24) is 0 Å². The second-order valence-corrected chi connectivity index (χ2v) is 3.15. The molecule has 0 aliphatic carbocycles. The number of carbonyl (C=O) groups excluding carboxylic acids is 1. The Hall–Kier alpha value is -0.830. The molecule has 1 N–H and O–H groups in total. The Bertz CT molecular complexity index is 164. The first-order valence-corrected chi connectivity index (χ1v) is 4.76. The largest absolute Gasteiger partial charge is 0.368 e. The Balaban J connectivity index is 3.32. The summed E-state index contributed by atoms with van der Waals surface area (Å²) in [5.74, 6) is -0.713. The van der Waals surface area contributed by atoms with Crippen molar-refractivity contribution in [3.63, 3.8) is 0 Å². The molecule has 3 heteroatoms. The van der Waals surface area contributed by atoms with Crippen LogP contribution in [0.1, 0.15) is 45.4 Å². The Labute approximate surface area is 79.3 Å². The fourth-order valence-electron chi connectivity index (χ4n) is 1.11. The summed E-state index contributed by atoms with van der Waals surface area (Å²) in [6, 6.07) is 0. The van der Waals surface area contributed by atoms with E-state index < -0.39 is 5.97 Å². The average Bonchev–Trinajstić information content (AvgIpc) is 2.16. The Kier molecular flexibility index (Phi) is 7.30. The molecule has 76 valence electrons. The molecule has 0 aliphatic rings. The van der Waals surface area contributed by atoms with Gasteiger partial charge in [-0.25, -0.2) is 4.79 Å². The summed E-state index contributed by atoms with van der Waals surface area (Å²) in [6.07, 6.45) is 6.29.